The molecule has 0 aliphatic rings. The van der Waals surface area contributed by atoms with Crippen molar-refractivity contribution in [2.24, 2.45) is 11.1 Å². The van der Waals surface area contributed by atoms with Gasteiger partial charge in [0.25, 0.3) is 0 Å². The highest BCUT2D eigenvalue weighted by Crippen LogP contribution is 2.22. The van der Waals surface area contributed by atoms with E-state index >= 15 is 0 Å². The van der Waals surface area contributed by atoms with Gasteiger partial charge in [0.2, 0.25) is 5.91 Å². The molecule has 0 bridgehead atoms. The molecule has 0 unspecified atom stereocenters. The zero-order valence-corrected chi connectivity index (χ0v) is 12.3. The first kappa shape index (κ1) is 14.2. The zero-order valence-electron chi connectivity index (χ0n) is 10.7. The number of hydrogen-bond donors (Lipinski definition) is 2. The first-order chi connectivity index (χ1) is 7.71. The van der Waals surface area contributed by atoms with E-state index in [-0.39, 0.29) is 11.3 Å². The number of hydrogen-bond acceptors (Lipinski definition) is 2. The average molecular weight is 299 g/mol. The number of anilines is 1. The summed E-state index contributed by atoms with van der Waals surface area (Å²) in [6, 6.07) is 5.17. The van der Waals surface area contributed by atoms with Gasteiger partial charge in [0.05, 0.1) is 6.04 Å². The van der Waals surface area contributed by atoms with Gasteiger partial charge in [-0.25, -0.2) is 0 Å². The van der Waals surface area contributed by atoms with Gasteiger partial charge in [-0.3, -0.25) is 4.79 Å². The molecule has 1 amide bonds. The van der Waals surface area contributed by atoms with Crippen molar-refractivity contribution in [3.63, 3.8) is 0 Å². The molecule has 0 saturated heterocycles. The number of carbonyl (C=O) groups is 1. The first-order valence-electron chi connectivity index (χ1n) is 5.54. The predicted molar refractivity (Wildman–Crippen MR) is 74.9 cm³/mol. The molecule has 1 rings (SSSR count). The van der Waals surface area contributed by atoms with Gasteiger partial charge in [0.1, 0.15) is 0 Å². The second-order valence-corrected chi connectivity index (χ2v) is 6.15. The topological polar surface area (TPSA) is 55.1 Å². The Labute approximate surface area is 111 Å². The van der Waals surface area contributed by atoms with Crippen molar-refractivity contribution in [2.45, 2.75) is 33.7 Å². The highest BCUT2D eigenvalue weighted by molar-refractivity contribution is 9.10. The van der Waals surface area contributed by atoms with Gasteiger partial charge in [0, 0.05) is 10.2 Å². The van der Waals surface area contributed by atoms with Crippen LogP contribution in [0, 0.1) is 12.3 Å². The van der Waals surface area contributed by atoms with E-state index in [1.807, 2.05) is 45.9 Å². The van der Waals surface area contributed by atoms with Crippen molar-refractivity contribution in [3.8, 4) is 0 Å². The van der Waals surface area contributed by atoms with Crippen molar-refractivity contribution in [1.82, 2.24) is 0 Å². The summed E-state index contributed by atoms with van der Waals surface area (Å²) < 4.78 is 0.972. The summed E-state index contributed by atoms with van der Waals surface area (Å²) in [6.07, 6.45) is 0. The maximum atomic E-state index is 11.9. The molecule has 0 saturated carbocycles. The fourth-order valence-corrected chi connectivity index (χ4v) is 1.66. The fourth-order valence-electron chi connectivity index (χ4n) is 1.28. The number of benzene rings is 1. The molecule has 0 aromatic heterocycles. The summed E-state index contributed by atoms with van der Waals surface area (Å²) in [7, 11) is 0. The van der Waals surface area contributed by atoms with Crippen LogP contribution in [0.2, 0.25) is 0 Å². The number of halogens is 1. The van der Waals surface area contributed by atoms with Crippen LogP contribution in [0.1, 0.15) is 26.3 Å². The number of amides is 1. The lowest BCUT2D eigenvalue weighted by Crippen LogP contribution is -2.45. The Bertz CT molecular complexity index is 424. The normalized spacial score (nSPS) is 13.3. The summed E-state index contributed by atoms with van der Waals surface area (Å²) in [6.45, 7) is 7.84. The molecule has 0 heterocycles. The van der Waals surface area contributed by atoms with Gasteiger partial charge in [-0.15, -0.1) is 0 Å². The maximum Gasteiger partial charge on any atom is 0.241 e. The van der Waals surface area contributed by atoms with E-state index in [0.29, 0.717) is 0 Å². The van der Waals surface area contributed by atoms with Gasteiger partial charge in [-0.1, -0.05) is 42.8 Å². The second kappa shape index (κ2) is 5.19. The molecular weight excluding hydrogens is 280 g/mol. The Morgan fingerprint density at radius 2 is 2.00 bits per heavy atom. The average Bonchev–Trinajstić information content (AvgIpc) is 2.21. The first-order valence-corrected chi connectivity index (χ1v) is 6.33. The highest BCUT2D eigenvalue weighted by Gasteiger charge is 2.27. The Morgan fingerprint density at radius 3 is 2.47 bits per heavy atom. The van der Waals surface area contributed by atoms with Crippen LogP contribution in [-0.2, 0) is 4.79 Å². The van der Waals surface area contributed by atoms with Crippen molar-refractivity contribution in [3.05, 3.63) is 28.2 Å². The number of nitrogens with two attached hydrogens (primary N) is 1. The molecule has 0 spiro atoms. The minimum Gasteiger partial charge on any atom is -0.325 e. The van der Waals surface area contributed by atoms with E-state index in [2.05, 4.69) is 21.2 Å². The lowest BCUT2D eigenvalue weighted by molar-refractivity contribution is -0.119. The summed E-state index contributed by atoms with van der Waals surface area (Å²) in [5.41, 5.74) is 7.53. The van der Waals surface area contributed by atoms with Crippen LogP contribution >= 0.6 is 15.9 Å². The Kier molecular flexibility index (Phi) is 4.33. The van der Waals surface area contributed by atoms with E-state index in [1.165, 1.54) is 0 Å². The molecule has 1 atom stereocenters. The van der Waals surface area contributed by atoms with Crippen molar-refractivity contribution < 1.29 is 4.79 Å². The minimum absolute atomic E-state index is 0.159. The fraction of sp³-hybridized carbons (Fsp3) is 0.462. The van der Waals surface area contributed by atoms with Crippen LogP contribution in [0.15, 0.2) is 22.7 Å². The molecular formula is C13H19BrN2O. The third-order valence-corrected chi connectivity index (χ3v) is 3.51. The summed E-state index contributed by atoms with van der Waals surface area (Å²) in [4.78, 5) is 11.9. The van der Waals surface area contributed by atoms with E-state index in [0.717, 1.165) is 15.7 Å². The van der Waals surface area contributed by atoms with Crippen LogP contribution in [-0.4, -0.2) is 11.9 Å². The minimum atomic E-state index is -0.525. The number of rotatable bonds is 2. The molecule has 1 aromatic carbocycles. The number of aryl methyl sites for hydroxylation is 1. The van der Waals surface area contributed by atoms with Crippen LogP contribution < -0.4 is 11.1 Å². The molecule has 0 radical (unpaired) electrons. The molecule has 3 nitrogen and oxygen atoms in total. The van der Waals surface area contributed by atoms with Crippen LogP contribution in [0.5, 0.6) is 0 Å². The van der Waals surface area contributed by atoms with Crippen molar-refractivity contribution in [2.75, 3.05) is 5.32 Å². The molecule has 94 valence electrons. The van der Waals surface area contributed by atoms with Gasteiger partial charge >= 0.3 is 0 Å². The Morgan fingerprint density at radius 1 is 1.41 bits per heavy atom. The molecule has 3 N–H and O–H groups in total. The van der Waals surface area contributed by atoms with Crippen molar-refractivity contribution in [1.29, 1.82) is 0 Å². The Balaban J connectivity index is 2.78. The largest absolute Gasteiger partial charge is 0.325 e. The molecule has 1 aromatic rings. The SMILES string of the molecule is Cc1ccc(NC(=O)[C@H](N)C(C)(C)C)cc1Br. The predicted octanol–water partition coefficient (Wildman–Crippen LogP) is 3.07. The lowest BCUT2D eigenvalue weighted by atomic mass is 9.87. The highest BCUT2D eigenvalue weighted by atomic mass is 79.9. The maximum absolute atomic E-state index is 11.9. The van der Waals surface area contributed by atoms with Gasteiger partial charge in [-0.05, 0) is 30.0 Å². The second-order valence-electron chi connectivity index (χ2n) is 5.30. The van der Waals surface area contributed by atoms with Crippen LogP contribution in [0.3, 0.4) is 0 Å². The molecule has 17 heavy (non-hydrogen) atoms. The summed E-state index contributed by atoms with van der Waals surface area (Å²) in [5.74, 6) is -0.159. The van der Waals surface area contributed by atoms with Crippen LogP contribution in [0.25, 0.3) is 0 Å². The van der Waals surface area contributed by atoms with Gasteiger partial charge in [-0.2, -0.15) is 0 Å². The third kappa shape index (κ3) is 3.82. The lowest BCUT2D eigenvalue weighted by Gasteiger charge is -2.25. The number of carbonyl (C=O) groups excluding carboxylic acids is 1. The zero-order chi connectivity index (χ0) is 13.2. The summed E-state index contributed by atoms with van der Waals surface area (Å²) in [5, 5.41) is 2.82. The van der Waals surface area contributed by atoms with E-state index in [4.69, 9.17) is 5.73 Å². The summed E-state index contributed by atoms with van der Waals surface area (Å²) >= 11 is 3.43. The van der Waals surface area contributed by atoms with Gasteiger partial charge < -0.3 is 11.1 Å². The standard InChI is InChI=1S/C13H19BrN2O/c1-8-5-6-9(7-10(8)14)16-12(17)11(15)13(2,3)4/h5-7,11H,15H2,1-4H3,(H,16,17)/t11-/m0/s1. The van der Waals surface area contributed by atoms with Gasteiger partial charge in [0.15, 0.2) is 0 Å². The van der Waals surface area contributed by atoms with E-state index < -0.39 is 6.04 Å². The third-order valence-electron chi connectivity index (χ3n) is 2.65. The smallest absolute Gasteiger partial charge is 0.241 e. The van der Waals surface area contributed by atoms with Crippen molar-refractivity contribution >= 4 is 27.5 Å². The number of nitrogens with one attached hydrogen (secondary N) is 1. The quantitative estimate of drug-likeness (QED) is 0.881. The molecule has 0 aliphatic heterocycles. The van der Waals surface area contributed by atoms with Crippen LogP contribution in [0.4, 0.5) is 5.69 Å². The van der Waals surface area contributed by atoms with E-state index in [9.17, 15) is 4.79 Å². The monoisotopic (exact) mass is 298 g/mol. The Hall–Kier alpha value is -0.870. The molecule has 4 heteroatoms. The molecule has 0 fully saturated rings. The molecule has 0 aliphatic carbocycles. The van der Waals surface area contributed by atoms with E-state index in [1.54, 1.807) is 0 Å².